The summed E-state index contributed by atoms with van der Waals surface area (Å²) in [4.78, 5) is 22.4. The van der Waals surface area contributed by atoms with Crippen LogP contribution >= 0.6 is 0 Å². The lowest BCUT2D eigenvalue weighted by Crippen LogP contribution is -2.14. The zero-order valence-electron chi connectivity index (χ0n) is 10.2. The number of hydrogen-bond donors (Lipinski definition) is 2. The predicted octanol–water partition coefficient (Wildman–Crippen LogP) is 3.04. The van der Waals surface area contributed by atoms with E-state index in [1.54, 1.807) is 0 Å². The summed E-state index contributed by atoms with van der Waals surface area (Å²) in [6.45, 7) is 2.02. The summed E-state index contributed by atoms with van der Waals surface area (Å²) in [6, 6.07) is 3.21. The van der Waals surface area contributed by atoms with Crippen LogP contribution < -0.4 is 5.32 Å². The Hall–Kier alpha value is -1.91. The van der Waals surface area contributed by atoms with Gasteiger partial charge in [0.2, 0.25) is 5.91 Å². The SMILES string of the molecule is CCCCCC(=O)Nc1cc(F)ccc1C(=O)O. The van der Waals surface area contributed by atoms with Gasteiger partial charge in [0.15, 0.2) is 0 Å². The number of carbonyl (C=O) groups excluding carboxylic acids is 1. The van der Waals surface area contributed by atoms with E-state index in [-0.39, 0.29) is 17.2 Å². The molecule has 0 saturated heterocycles. The van der Waals surface area contributed by atoms with Crippen molar-refractivity contribution in [3.63, 3.8) is 0 Å². The highest BCUT2D eigenvalue weighted by Crippen LogP contribution is 2.18. The maximum absolute atomic E-state index is 13.0. The monoisotopic (exact) mass is 253 g/mol. The van der Waals surface area contributed by atoms with Gasteiger partial charge in [-0.15, -0.1) is 0 Å². The van der Waals surface area contributed by atoms with Gasteiger partial charge in [0.1, 0.15) is 5.82 Å². The number of benzene rings is 1. The molecule has 0 heterocycles. The number of carbonyl (C=O) groups is 2. The van der Waals surface area contributed by atoms with E-state index in [0.29, 0.717) is 6.42 Å². The van der Waals surface area contributed by atoms with Crippen molar-refractivity contribution < 1.29 is 19.1 Å². The highest BCUT2D eigenvalue weighted by Gasteiger charge is 2.13. The van der Waals surface area contributed by atoms with Crippen LogP contribution in [0.1, 0.15) is 43.0 Å². The van der Waals surface area contributed by atoms with E-state index in [0.717, 1.165) is 37.5 Å². The lowest BCUT2D eigenvalue weighted by molar-refractivity contribution is -0.116. The van der Waals surface area contributed by atoms with E-state index in [4.69, 9.17) is 5.11 Å². The molecule has 1 aromatic carbocycles. The number of halogens is 1. The number of hydrogen-bond acceptors (Lipinski definition) is 2. The maximum Gasteiger partial charge on any atom is 0.337 e. The first-order valence-electron chi connectivity index (χ1n) is 5.87. The standard InChI is InChI=1S/C13H16FNO3/c1-2-3-4-5-12(16)15-11-8-9(14)6-7-10(11)13(17)18/h6-8H,2-5H2,1H3,(H,15,16)(H,17,18). The zero-order valence-corrected chi connectivity index (χ0v) is 10.2. The third-order valence-electron chi connectivity index (χ3n) is 2.49. The van der Waals surface area contributed by atoms with Crippen LogP contribution in [0.3, 0.4) is 0 Å². The molecule has 0 aliphatic rings. The maximum atomic E-state index is 13.0. The van der Waals surface area contributed by atoms with Crippen molar-refractivity contribution in [2.24, 2.45) is 0 Å². The van der Waals surface area contributed by atoms with Crippen molar-refractivity contribution in [2.75, 3.05) is 5.32 Å². The number of rotatable bonds is 6. The van der Waals surface area contributed by atoms with E-state index in [9.17, 15) is 14.0 Å². The zero-order chi connectivity index (χ0) is 13.5. The molecule has 0 aromatic heterocycles. The minimum Gasteiger partial charge on any atom is -0.478 e. The first kappa shape index (κ1) is 14.2. The van der Waals surface area contributed by atoms with Crippen molar-refractivity contribution in [3.8, 4) is 0 Å². The van der Waals surface area contributed by atoms with Gasteiger partial charge in [-0.2, -0.15) is 0 Å². The highest BCUT2D eigenvalue weighted by atomic mass is 19.1. The molecule has 4 nitrogen and oxygen atoms in total. The normalized spacial score (nSPS) is 10.1. The summed E-state index contributed by atoms with van der Waals surface area (Å²) in [5, 5.41) is 11.3. The van der Waals surface area contributed by atoms with E-state index >= 15 is 0 Å². The molecule has 0 spiro atoms. The molecule has 0 saturated carbocycles. The fraction of sp³-hybridized carbons (Fsp3) is 0.385. The topological polar surface area (TPSA) is 66.4 Å². The number of amides is 1. The number of aromatic carboxylic acids is 1. The quantitative estimate of drug-likeness (QED) is 0.766. The largest absolute Gasteiger partial charge is 0.478 e. The summed E-state index contributed by atoms with van der Waals surface area (Å²) < 4.78 is 13.0. The van der Waals surface area contributed by atoms with Gasteiger partial charge in [0.05, 0.1) is 11.3 Å². The Morgan fingerprint density at radius 2 is 2.06 bits per heavy atom. The summed E-state index contributed by atoms with van der Waals surface area (Å²) >= 11 is 0. The Morgan fingerprint density at radius 1 is 1.33 bits per heavy atom. The second-order valence-corrected chi connectivity index (χ2v) is 4.00. The Kier molecular flexibility index (Phi) is 5.30. The lowest BCUT2D eigenvalue weighted by atomic mass is 10.1. The lowest BCUT2D eigenvalue weighted by Gasteiger charge is -2.08. The smallest absolute Gasteiger partial charge is 0.337 e. The van der Waals surface area contributed by atoms with Crippen LogP contribution in [0.25, 0.3) is 0 Å². The molecule has 98 valence electrons. The van der Waals surface area contributed by atoms with Gasteiger partial charge >= 0.3 is 5.97 Å². The van der Waals surface area contributed by atoms with Gasteiger partial charge in [-0.05, 0) is 24.6 Å². The van der Waals surface area contributed by atoms with Crippen molar-refractivity contribution in [3.05, 3.63) is 29.6 Å². The molecule has 0 bridgehead atoms. The molecule has 0 atom stereocenters. The molecule has 0 aliphatic carbocycles. The van der Waals surface area contributed by atoms with Crippen molar-refractivity contribution in [2.45, 2.75) is 32.6 Å². The van der Waals surface area contributed by atoms with Crippen LogP contribution in [0, 0.1) is 5.82 Å². The number of carboxylic acid groups (broad SMARTS) is 1. The minimum absolute atomic E-state index is 0.00370. The summed E-state index contributed by atoms with van der Waals surface area (Å²) in [7, 11) is 0. The van der Waals surface area contributed by atoms with Crippen LogP contribution in [0.4, 0.5) is 10.1 Å². The molecule has 0 aliphatic heterocycles. The second kappa shape index (κ2) is 6.74. The average Bonchev–Trinajstić information content (AvgIpc) is 2.29. The highest BCUT2D eigenvalue weighted by molar-refractivity contribution is 6.00. The molecular weight excluding hydrogens is 237 g/mol. The van der Waals surface area contributed by atoms with Gasteiger partial charge in [-0.25, -0.2) is 9.18 Å². The van der Waals surface area contributed by atoms with E-state index < -0.39 is 11.8 Å². The van der Waals surface area contributed by atoms with Crippen molar-refractivity contribution >= 4 is 17.6 Å². The summed E-state index contributed by atoms with van der Waals surface area (Å²) in [6.07, 6.45) is 2.97. The number of nitrogens with one attached hydrogen (secondary N) is 1. The third kappa shape index (κ3) is 4.16. The van der Waals surface area contributed by atoms with Gasteiger partial charge in [-0.1, -0.05) is 19.8 Å². The first-order chi connectivity index (χ1) is 8.54. The molecule has 1 amide bonds. The molecule has 18 heavy (non-hydrogen) atoms. The van der Waals surface area contributed by atoms with E-state index in [2.05, 4.69) is 5.32 Å². The predicted molar refractivity (Wildman–Crippen MR) is 66.1 cm³/mol. The van der Waals surface area contributed by atoms with Crippen LogP contribution in [-0.4, -0.2) is 17.0 Å². The minimum atomic E-state index is -1.20. The molecule has 0 unspecified atom stereocenters. The molecule has 1 aromatic rings. The van der Waals surface area contributed by atoms with Crippen LogP contribution in [0.2, 0.25) is 0 Å². The molecular formula is C13H16FNO3. The van der Waals surface area contributed by atoms with Gasteiger partial charge in [0.25, 0.3) is 0 Å². The van der Waals surface area contributed by atoms with Crippen LogP contribution in [0.5, 0.6) is 0 Å². The third-order valence-corrected chi connectivity index (χ3v) is 2.49. The van der Waals surface area contributed by atoms with Gasteiger partial charge in [0, 0.05) is 6.42 Å². The number of carboxylic acids is 1. The van der Waals surface area contributed by atoms with Crippen LogP contribution in [0.15, 0.2) is 18.2 Å². The van der Waals surface area contributed by atoms with E-state index in [1.165, 1.54) is 0 Å². The molecule has 5 heteroatoms. The van der Waals surface area contributed by atoms with Gasteiger partial charge in [-0.3, -0.25) is 4.79 Å². The summed E-state index contributed by atoms with van der Waals surface area (Å²) in [5.41, 5.74) is -0.107. The number of anilines is 1. The van der Waals surface area contributed by atoms with Crippen molar-refractivity contribution in [1.29, 1.82) is 0 Å². The van der Waals surface area contributed by atoms with Crippen molar-refractivity contribution in [1.82, 2.24) is 0 Å². The molecule has 0 radical (unpaired) electrons. The van der Waals surface area contributed by atoms with Crippen LogP contribution in [-0.2, 0) is 4.79 Å². The first-order valence-corrected chi connectivity index (χ1v) is 5.87. The molecule has 0 fully saturated rings. The second-order valence-electron chi connectivity index (χ2n) is 4.00. The fourth-order valence-corrected chi connectivity index (χ4v) is 1.55. The Balaban J connectivity index is 2.73. The fourth-order valence-electron chi connectivity index (χ4n) is 1.55. The Bertz CT molecular complexity index is 446. The Labute approximate surface area is 105 Å². The van der Waals surface area contributed by atoms with Gasteiger partial charge < -0.3 is 10.4 Å². The average molecular weight is 253 g/mol. The Morgan fingerprint density at radius 3 is 2.67 bits per heavy atom. The summed E-state index contributed by atoms with van der Waals surface area (Å²) in [5.74, 6) is -2.07. The molecule has 1 rings (SSSR count). The van der Waals surface area contributed by atoms with E-state index in [1.807, 2.05) is 6.92 Å². The molecule has 2 N–H and O–H groups in total. The number of unbranched alkanes of at least 4 members (excludes halogenated alkanes) is 2.